The molecule has 0 radical (unpaired) electrons. The Labute approximate surface area is 198 Å². The summed E-state index contributed by atoms with van der Waals surface area (Å²) in [4.78, 5) is 26.7. The number of hydrogen-bond donors (Lipinski definition) is 0. The van der Waals surface area contributed by atoms with Gasteiger partial charge in [-0.3, -0.25) is 18.6 Å². The predicted octanol–water partition coefficient (Wildman–Crippen LogP) is 5.11. The first-order valence-electron chi connectivity index (χ1n) is 12.6. The number of rotatable bonds is 8. The maximum Gasteiger partial charge on any atom is 0.262 e. The number of para-hydroxylation sites is 1. The fourth-order valence-corrected chi connectivity index (χ4v) is 8.26. The van der Waals surface area contributed by atoms with Crippen molar-refractivity contribution < 1.29 is 4.79 Å². The summed E-state index contributed by atoms with van der Waals surface area (Å²) in [7, 11) is 0. The molecule has 2 heterocycles. The molecule has 174 valence electrons. The van der Waals surface area contributed by atoms with Crippen LogP contribution in [0.2, 0.25) is 0 Å². The number of thioether (sulfide) groups is 1. The number of ketones is 1. The Morgan fingerprint density at radius 3 is 2.45 bits per heavy atom. The number of nitrogens with zero attached hydrogens (tertiary/aromatic N) is 4. The lowest BCUT2D eigenvalue weighted by molar-refractivity contribution is -0.141. The zero-order valence-electron chi connectivity index (χ0n) is 19.3. The first-order chi connectivity index (χ1) is 16.1. The second-order valence-electron chi connectivity index (χ2n) is 10.7. The number of Topliss-reactive ketones (excluding diaryl/α,β-unsaturated/α-hetero) is 1. The quantitative estimate of drug-likeness (QED) is 0.342. The Kier molecular flexibility index (Phi) is 5.35. The van der Waals surface area contributed by atoms with Crippen LogP contribution in [-0.2, 0) is 11.3 Å². The Bertz CT molecular complexity index is 1240. The number of benzene rings is 1. The Hall–Kier alpha value is -2.15. The first-order valence-corrected chi connectivity index (χ1v) is 13.6. The van der Waals surface area contributed by atoms with Gasteiger partial charge in [0.25, 0.3) is 5.56 Å². The summed E-state index contributed by atoms with van der Waals surface area (Å²) in [6.07, 6.45) is 10.4. The van der Waals surface area contributed by atoms with E-state index in [1.54, 1.807) is 4.57 Å². The molecule has 0 atom stereocenters. The van der Waals surface area contributed by atoms with Gasteiger partial charge in [-0.2, -0.15) is 0 Å². The van der Waals surface area contributed by atoms with Gasteiger partial charge in [0.1, 0.15) is 5.78 Å². The SMILES string of the molecule is CCCCCn1c(=O)c2ccccc2n2c(SCC(=O)C34CC5CC(CC(C5)C3)C4)nnc12. The predicted molar refractivity (Wildman–Crippen MR) is 131 cm³/mol. The van der Waals surface area contributed by atoms with Crippen LogP contribution in [0, 0.1) is 23.2 Å². The molecule has 1 aromatic carbocycles. The molecule has 0 aliphatic heterocycles. The van der Waals surface area contributed by atoms with Crippen molar-refractivity contribution in [1.82, 2.24) is 19.2 Å². The summed E-state index contributed by atoms with van der Waals surface area (Å²) in [5.74, 6) is 3.72. The fraction of sp³-hybridized carbons (Fsp3) is 0.615. The highest BCUT2D eigenvalue weighted by Gasteiger charge is 2.54. The summed E-state index contributed by atoms with van der Waals surface area (Å²) in [6, 6.07) is 7.67. The van der Waals surface area contributed by atoms with E-state index >= 15 is 0 Å². The molecule has 4 saturated carbocycles. The fourth-order valence-electron chi connectivity index (χ4n) is 7.28. The molecular formula is C26H32N4O2S. The van der Waals surface area contributed by atoms with Gasteiger partial charge in [0.2, 0.25) is 5.78 Å². The standard InChI is InChI=1S/C26H32N4O2S/c1-2-3-6-9-29-23(32)20-7-4-5-8-21(20)30-24(29)27-28-25(30)33-16-22(31)26-13-17-10-18(14-26)12-19(11-17)15-26/h4-5,7-8,17-19H,2-3,6,9-16H2,1H3. The van der Waals surface area contributed by atoms with Gasteiger partial charge < -0.3 is 0 Å². The number of unbranched alkanes of at least 4 members (excludes halogenated alkanes) is 2. The molecule has 4 aliphatic rings. The maximum absolute atomic E-state index is 13.6. The van der Waals surface area contributed by atoms with Crippen LogP contribution >= 0.6 is 11.8 Å². The van der Waals surface area contributed by atoms with Crippen molar-refractivity contribution in [2.24, 2.45) is 23.2 Å². The highest BCUT2D eigenvalue weighted by Crippen LogP contribution is 2.60. The summed E-state index contributed by atoms with van der Waals surface area (Å²) < 4.78 is 3.75. The molecule has 7 rings (SSSR count). The smallest absolute Gasteiger partial charge is 0.262 e. The van der Waals surface area contributed by atoms with Gasteiger partial charge in [0.05, 0.1) is 16.7 Å². The van der Waals surface area contributed by atoms with E-state index in [4.69, 9.17) is 0 Å². The number of carbonyl (C=O) groups is 1. The summed E-state index contributed by atoms with van der Waals surface area (Å²) in [6.45, 7) is 2.79. The van der Waals surface area contributed by atoms with Crippen molar-refractivity contribution in [3.05, 3.63) is 34.6 Å². The van der Waals surface area contributed by atoms with Crippen LogP contribution in [0.15, 0.2) is 34.2 Å². The molecule has 7 heteroatoms. The van der Waals surface area contributed by atoms with E-state index in [9.17, 15) is 9.59 Å². The van der Waals surface area contributed by atoms with E-state index in [1.165, 1.54) is 31.0 Å². The first kappa shape index (κ1) is 21.4. The lowest BCUT2D eigenvalue weighted by Crippen LogP contribution is -2.50. The Morgan fingerprint density at radius 1 is 1.06 bits per heavy atom. The van der Waals surface area contributed by atoms with Crippen LogP contribution < -0.4 is 5.56 Å². The Morgan fingerprint density at radius 2 is 1.76 bits per heavy atom. The molecule has 3 aromatic rings. The minimum atomic E-state index is -0.0907. The van der Waals surface area contributed by atoms with E-state index < -0.39 is 0 Å². The van der Waals surface area contributed by atoms with Crippen molar-refractivity contribution in [2.75, 3.05) is 5.75 Å². The molecule has 6 nitrogen and oxygen atoms in total. The van der Waals surface area contributed by atoms with Crippen LogP contribution in [0.5, 0.6) is 0 Å². The summed E-state index contributed by atoms with van der Waals surface area (Å²) >= 11 is 1.50. The van der Waals surface area contributed by atoms with Gasteiger partial charge in [0, 0.05) is 12.0 Å². The van der Waals surface area contributed by atoms with E-state index in [1.807, 2.05) is 28.7 Å². The van der Waals surface area contributed by atoms with Crippen LogP contribution in [0.4, 0.5) is 0 Å². The molecule has 33 heavy (non-hydrogen) atoms. The van der Waals surface area contributed by atoms with Crippen molar-refractivity contribution in [2.45, 2.75) is 76.4 Å². The summed E-state index contributed by atoms with van der Waals surface area (Å²) in [5, 5.41) is 10.3. The molecule has 4 bridgehead atoms. The molecule has 0 amide bonds. The number of carbonyl (C=O) groups excluding carboxylic acids is 1. The van der Waals surface area contributed by atoms with Gasteiger partial charge in [-0.05, 0) is 74.8 Å². The van der Waals surface area contributed by atoms with Crippen LogP contribution in [0.1, 0.15) is 64.7 Å². The molecule has 0 saturated heterocycles. The van der Waals surface area contributed by atoms with Crippen molar-refractivity contribution >= 4 is 34.2 Å². The van der Waals surface area contributed by atoms with Crippen molar-refractivity contribution in [1.29, 1.82) is 0 Å². The van der Waals surface area contributed by atoms with E-state index in [0.29, 0.717) is 34.4 Å². The third-order valence-electron chi connectivity index (χ3n) is 8.43. The molecular weight excluding hydrogens is 432 g/mol. The highest BCUT2D eigenvalue weighted by atomic mass is 32.2. The van der Waals surface area contributed by atoms with Crippen molar-refractivity contribution in [3.8, 4) is 0 Å². The van der Waals surface area contributed by atoms with E-state index in [-0.39, 0.29) is 11.0 Å². The van der Waals surface area contributed by atoms with Crippen LogP contribution in [0.25, 0.3) is 16.7 Å². The highest BCUT2D eigenvalue weighted by molar-refractivity contribution is 7.99. The average Bonchev–Trinajstić information content (AvgIpc) is 3.23. The minimum absolute atomic E-state index is 0.0113. The monoisotopic (exact) mass is 464 g/mol. The number of fused-ring (bicyclic) bond motifs is 3. The second kappa shape index (κ2) is 8.26. The Balaban J connectivity index is 1.32. The van der Waals surface area contributed by atoms with Gasteiger partial charge in [-0.25, -0.2) is 0 Å². The molecule has 0 N–H and O–H groups in total. The van der Waals surface area contributed by atoms with Gasteiger partial charge in [-0.15, -0.1) is 10.2 Å². The molecule has 0 unspecified atom stereocenters. The number of aromatic nitrogens is 4. The van der Waals surface area contributed by atoms with Gasteiger partial charge in [-0.1, -0.05) is 43.7 Å². The normalized spacial score (nSPS) is 28.2. The minimum Gasteiger partial charge on any atom is -0.298 e. The molecule has 4 fully saturated rings. The maximum atomic E-state index is 13.6. The number of aryl methyl sites for hydroxylation is 1. The lowest BCUT2D eigenvalue weighted by atomic mass is 9.48. The van der Waals surface area contributed by atoms with E-state index in [2.05, 4.69) is 17.1 Å². The molecule has 4 aliphatic carbocycles. The van der Waals surface area contributed by atoms with Gasteiger partial charge >= 0.3 is 0 Å². The lowest BCUT2D eigenvalue weighted by Gasteiger charge is -2.56. The number of hydrogen-bond acceptors (Lipinski definition) is 5. The molecule has 2 aromatic heterocycles. The summed E-state index contributed by atoms with van der Waals surface area (Å²) in [5.41, 5.74) is 0.717. The van der Waals surface area contributed by atoms with Crippen LogP contribution in [-0.4, -0.2) is 30.7 Å². The molecule has 0 spiro atoms. The second-order valence-corrected chi connectivity index (χ2v) is 11.7. The van der Waals surface area contributed by atoms with Crippen LogP contribution in [0.3, 0.4) is 0 Å². The van der Waals surface area contributed by atoms with Gasteiger partial charge in [0.15, 0.2) is 5.16 Å². The zero-order valence-corrected chi connectivity index (χ0v) is 20.1. The zero-order chi connectivity index (χ0) is 22.6. The third kappa shape index (κ3) is 3.54. The largest absolute Gasteiger partial charge is 0.298 e. The van der Waals surface area contributed by atoms with Crippen molar-refractivity contribution in [3.63, 3.8) is 0 Å². The third-order valence-corrected chi connectivity index (χ3v) is 9.35. The van der Waals surface area contributed by atoms with E-state index in [0.717, 1.165) is 61.8 Å². The average molecular weight is 465 g/mol. The topological polar surface area (TPSA) is 69.3 Å².